The Morgan fingerprint density at radius 3 is 2.67 bits per heavy atom. The average Bonchev–Trinajstić information content (AvgIpc) is 2.28. The fraction of sp³-hybridized carbons (Fsp3) is 0.500. The molecule has 0 amide bonds. The standard InChI is InChI=1S/C14H21FN2S/c1-10(2)6-7-17(3)9-11-4-5-13(15)12(8-11)14(16)18/h4-5,8,10H,6-7,9H2,1-3H3,(H2,16,18). The Morgan fingerprint density at radius 2 is 2.11 bits per heavy atom. The molecule has 2 N–H and O–H groups in total. The second-order valence-electron chi connectivity index (χ2n) is 5.10. The third kappa shape index (κ3) is 4.70. The highest BCUT2D eigenvalue weighted by atomic mass is 32.1. The minimum Gasteiger partial charge on any atom is -0.389 e. The quantitative estimate of drug-likeness (QED) is 0.804. The summed E-state index contributed by atoms with van der Waals surface area (Å²) in [5, 5.41) is 0. The van der Waals surface area contributed by atoms with Gasteiger partial charge in [-0.1, -0.05) is 32.1 Å². The molecular formula is C14H21FN2S. The fourth-order valence-corrected chi connectivity index (χ4v) is 1.89. The van der Waals surface area contributed by atoms with Crippen molar-refractivity contribution in [2.45, 2.75) is 26.8 Å². The summed E-state index contributed by atoms with van der Waals surface area (Å²) in [5.74, 6) is 0.337. The van der Waals surface area contributed by atoms with Gasteiger partial charge in [0.2, 0.25) is 0 Å². The third-order valence-electron chi connectivity index (χ3n) is 2.84. The molecule has 4 heteroatoms. The smallest absolute Gasteiger partial charge is 0.133 e. The third-order valence-corrected chi connectivity index (χ3v) is 3.06. The van der Waals surface area contributed by atoms with Crippen LogP contribution in [0.15, 0.2) is 18.2 Å². The van der Waals surface area contributed by atoms with E-state index in [0.29, 0.717) is 11.5 Å². The molecule has 1 rings (SSSR count). The molecule has 0 aliphatic carbocycles. The molecule has 0 unspecified atom stereocenters. The summed E-state index contributed by atoms with van der Waals surface area (Å²) < 4.78 is 13.4. The molecule has 0 spiro atoms. The molecule has 0 saturated carbocycles. The average molecular weight is 268 g/mol. The lowest BCUT2D eigenvalue weighted by atomic mass is 10.1. The lowest BCUT2D eigenvalue weighted by Gasteiger charge is -2.18. The van der Waals surface area contributed by atoms with Gasteiger partial charge in [-0.3, -0.25) is 0 Å². The second-order valence-corrected chi connectivity index (χ2v) is 5.54. The highest BCUT2D eigenvalue weighted by molar-refractivity contribution is 7.80. The predicted molar refractivity (Wildman–Crippen MR) is 78.1 cm³/mol. The highest BCUT2D eigenvalue weighted by Gasteiger charge is 2.08. The van der Waals surface area contributed by atoms with Gasteiger partial charge >= 0.3 is 0 Å². The van der Waals surface area contributed by atoms with Crippen LogP contribution in [0.3, 0.4) is 0 Å². The van der Waals surface area contributed by atoms with Crippen LogP contribution in [0.4, 0.5) is 4.39 Å². The van der Waals surface area contributed by atoms with Gasteiger partial charge in [0.15, 0.2) is 0 Å². The zero-order chi connectivity index (χ0) is 13.7. The van der Waals surface area contributed by atoms with Gasteiger partial charge in [0.1, 0.15) is 10.8 Å². The van der Waals surface area contributed by atoms with Crippen LogP contribution in [0.2, 0.25) is 0 Å². The van der Waals surface area contributed by atoms with E-state index in [4.69, 9.17) is 18.0 Å². The topological polar surface area (TPSA) is 29.3 Å². The zero-order valence-electron chi connectivity index (χ0n) is 11.2. The van der Waals surface area contributed by atoms with E-state index in [0.717, 1.165) is 25.1 Å². The van der Waals surface area contributed by atoms with Gasteiger partial charge in [-0.15, -0.1) is 0 Å². The van der Waals surface area contributed by atoms with Gasteiger partial charge in [0.05, 0.1) is 0 Å². The Hall–Kier alpha value is -1.00. The summed E-state index contributed by atoms with van der Waals surface area (Å²) in [6.07, 6.45) is 1.15. The summed E-state index contributed by atoms with van der Waals surface area (Å²) >= 11 is 4.83. The van der Waals surface area contributed by atoms with Gasteiger partial charge in [0.25, 0.3) is 0 Å². The summed E-state index contributed by atoms with van der Waals surface area (Å²) in [6, 6.07) is 4.95. The molecule has 1 aromatic rings. The van der Waals surface area contributed by atoms with Crippen molar-refractivity contribution in [3.05, 3.63) is 35.1 Å². The molecule has 1 aromatic carbocycles. The minimum absolute atomic E-state index is 0.110. The van der Waals surface area contributed by atoms with Gasteiger partial charge in [-0.25, -0.2) is 4.39 Å². The molecule has 2 nitrogen and oxygen atoms in total. The lowest BCUT2D eigenvalue weighted by Crippen LogP contribution is -2.21. The van der Waals surface area contributed by atoms with Crippen LogP contribution in [0.5, 0.6) is 0 Å². The molecule has 0 fully saturated rings. The van der Waals surface area contributed by atoms with Crippen molar-refractivity contribution < 1.29 is 4.39 Å². The first-order valence-corrected chi connectivity index (χ1v) is 6.57. The normalized spacial score (nSPS) is 11.2. The molecule has 0 aliphatic heterocycles. The molecule has 0 aliphatic rings. The first-order chi connectivity index (χ1) is 8.40. The van der Waals surface area contributed by atoms with Crippen molar-refractivity contribution in [3.63, 3.8) is 0 Å². The van der Waals surface area contributed by atoms with Gasteiger partial charge < -0.3 is 10.6 Å². The van der Waals surface area contributed by atoms with E-state index < -0.39 is 0 Å². The van der Waals surface area contributed by atoms with Gasteiger partial charge in [-0.2, -0.15) is 0 Å². The predicted octanol–water partition coefficient (Wildman–Crippen LogP) is 2.94. The molecule has 0 radical (unpaired) electrons. The van der Waals surface area contributed by atoms with Crippen LogP contribution >= 0.6 is 12.2 Å². The van der Waals surface area contributed by atoms with Crippen molar-refractivity contribution in [1.82, 2.24) is 4.90 Å². The van der Waals surface area contributed by atoms with E-state index in [9.17, 15) is 4.39 Å². The summed E-state index contributed by atoms with van der Waals surface area (Å²) in [4.78, 5) is 2.33. The summed E-state index contributed by atoms with van der Waals surface area (Å²) in [7, 11) is 2.06. The van der Waals surface area contributed by atoms with Crippen molar-refractivity contribution >= 4 is 17.2 Å². The number of rotatable bonds is 6. The van der Waals surface area contributed by atoms with E-state index in [1.807, 2.05) is 0 Å². The van der Waals surface area contributed by atoms with Crippen molar-refractivity contribution in [2.75, 3.05) is 13.6 Å². The molecule has 0 atom stereocenters. The molecule has 18 heavy (non-hydrogen) atoms. The molecule has 0 aromatic heterocycles. The van der Waals surface area contributed by atoms with Crippen LogP contribution in [-0.2, 0) is 6.54 Å². The number of thiocarbonyl (C=S) groups is 1. The molecule has 0 bridgehead atoms. The lowest BCUT2D eigenvalue weighted by molar-refractivity contribution is 0.303. The molecular weight excluding hydrogens is 247 g/mol. The summed E-state index contributed by atoms with van der Waals surface area (Å²) in [6.45, 7) is 6.22. The van der Waals surface area contributed by atoms with Crippen molar-refractivity contribution in [3.8, 4) is 0 Å². The van der Waals surface area contributed by atoms with E-state index >= 15 is 0 Å². The van der Waals surface area contributed by atoms with E-state index in [2.05, 4.69) is 25.8 Å². The maximum Gasteiger partial charge on any atom is 0.133 e. The van der Waals surface area contributed by atoms with E-state index in [1.165, 1.54) is 6.07 Å². The van der Waals surface area contributed by atoms with Gasteiger partial charge in [0, 0.05) is 12.1 Å². The Labute approximate surface area is 114 Å². The Kier molecular flexibility index (Phi) is 5.69. The number of halogens is 1. The minimum atomic E-state index is -0.351. The number of benzene rings is 1. The Bertz CT molecular complexity index is 418. The second kappa shape index (κ2) is 6.81. The Balaban J connectivity index is 2.67. The molecule has 100 valence electrons. The van der Waals surface area contributed by atoms with Crippen LogP contribution in [0.1, 0.15) is 31.4 Å². The zero-order valence-corrected chi connectivity index (χ0v) is 12.1. The van der Waals surface area contributed by atoms with Crippen LogP contribution < -0.4 is 5.73 Å². The summed E-state index contributed by atoms with van der Waals surface area (Å²) in [5.41, 5.74) is 6.86. The first-order valence-electron chi connectivity index (χ1n) is 6.17. The fourth-order valence-electron chi connectivity index (χ4n) is 1.73. The maximum atomic E-state index is 13.4. The van der Waals surface area contributed by atoms with Crippen molar-refractivity contribution in [1.29, 1.82) is 0 Å². The number of hydrogen-bond donors (Lipinski definition) is 1. The van der Waals surface area contributed by atoms with Crippen molar-refractivity contribution in [2.24, 2.45) is 11.7 Å². The van der Waals surface area contributed by atoms with E-state index in [-0.39, 0.29) is 10.8 Å². The Morgan fingerprint density at radius 1 is 1.44 bits per heavy atom. The van der Waals surface area contributed by atoms with Crippen LogP contribution in [-0.4, -0.2) is 23.5 Å². The number of nitrogens with two attached hydrogens (primary N) is 1. The molecule has 0 heterocycles. The van der Waals surface area contributed by atoms with Gasteiger partial charge in [-0.05, 0) is 43.6 Å². The maximum absolute atomic E-state index is 13.4. The number of nitrogens with zero attached hydrogens (tertiary/aromatic N) is 1. The van der Waals surface area contributed by atoms with Crippen LogP contribution in [0, 0.1) is 11.7 Å². The first kappa shape index (κ1) is 15.1. The molecule has 0 saturated heterocycles. The highest BCUT2D eigenvalue weighted by Crippen LogP contribution is 2.13. The van der Waals surface area contributed by atoms with Crippen LogP contribution in [0.25, 0.3) is 0 Å². The largest absolute Gasteiger partial charge is 0.389 e. The number of hydrogen-bond acceptors (Lipinski definition) is 2. The SMILES string of the molecule is CC(C)CCN(C)Cc1ccc(F)c(C(N)=S)c1. The monoisotopic (exact) mass is 268 g/mol. The van der Waals surface area contributed by atoms with E-state index in [1.54, 1.807) is 12.1 Å².